The second kappa shape index (κ2) is 5.44. The summed E-state index contributed by atoms with van der Waals surface area (Å²) in [7, 11) is 1.79. The SMILES string of the molecule is CC(=O)c1cc(C(=O)NC2(c3ccccc3)CCC2)n(C)c1. The van der Waals surface area contributed by atoms with Gasteiger partial charge in [0.25, 0.3) is 5.91 Å². The molecule has 0 bridgehead atoms. The maximum absolute atomic E-state index is 12.6. The Balaban J connectivity index is 1.86. The molecule has 1 saturated carbocycles. The van der Waals surface area contributed by atoms with Gasteiger partial charge in [0.05, 0.1) is 5.54 Å². The summed E-state index contributed by atoms with van der Waals surface area (Å²) in [6.07, 6.45) is 4.72. The maximum atomic E-state index is 12.6. The number of carbonyl (C=O) groups excluding carboxylic acids is 2. The molecule has 0 aliphatic heterocycles. The zero-order valence-corrected chi connectivity index (χ0v) is 12.9. The van der Waals surface area contributed by atoms with Crippen LogP contribution in [0, 0.1) is 0 Å². The van der Waals surface area contributed by atoms with Crippen molar-refractivity contribution in [3.05, 3.63) is 59.4 Å². The van der Waals surface area contributed by atoms with Crippen LogP contribution >= 0.6 is 0 Å². The van der Waals surface area contributed by atoms with Crippen LogP contribution in [0.25, 0.3) is 0 Å². The molecule has 1 aromatic carbocycles. The van der Waals surface area contributed by atoms with Gasteiger partial charge in [0.15, 0.2) is 5.78 Å². The van der Waals surface area contributed by atoms with E-state index in [1.807, 2.05) is 18.2 Å². The number of rotatable bonds is 4. The Morgan fingerprint density at radius 1 is 1.18 bits per heavy atom. The summed E-state index contributed by atoms with van der Waals surface area (Å²) in [5, 5.41) is 3.18. The van der Waals surface area contributed by atoms with Crippen LogP contribution in [0.1, 0.15) is 52.6 Å². The van der Waals surface area contributed by atoms with Gasteiger partial charge >= 0.3 is 0 Å². The molecule has 2 aromatic rings. The Labute approximate surface area is 130 Å². The van der Waals surface area contributed by atoms with Crippen LogP contribution in [0.3, 0.4) is 0 Å². The second-order valence-corrected chi connectivity index (χ2v) is 6.04. The molecule has 22 heavy (non-hydrogen) atoms. The third kappa shape index (κ3) is 2.45. The zero-order valence-electron chi connectivity index (χ0n) is 12.9. The number of hydrogen-bond donors (Lipinski definition) is 1. The smallest absolute Gasteiger partial charge is 0.268 e. The quantitative estimate of drug-likeness (QED) is 0.882. The molecule has 0 atom stereocenters. The predicted molar refractivity (Wildman–Crippen MR) is 84.9 cm³/mol. The summed E-state index contributed by atoms with van der Waals surface area (Å²) in [6.45, 7) is 1.51. The molecule has 0 radical (unpaired) electrons. The summed E-state index contributed by atoms with van der Waals surface area (Å²) in [5.41, 5.74) is 1.97. The van der Waals surface area contributed by atoms with Crippen LogP contribution < -0.4 is 5.32 Å². The van der Waals surface area contributed by atoms with Gasteiger partial charge in [0.2, 0.25) is 0 Å². The zero-order chi connectivity index (χ0) is 15.7. The maximum Gasteiger partial charge on any atom is 0.268 e. The summed E-state index contributed by atoms with van der Waals surface area (Å²) < 4.78 is 1.71. The van der Waals surface area contributed by atoms with Crippen molar-refractivity contribution in [3.8, 4) is 0 Å². The molecule has 1 fully saturated rings. The minimum Gasteiger partial charge on any atom is -0.346 e. The van der Waals surface area contributed by atoms with Crippen LogP contribution in [-0.4, -0.2) is 16.3 Å². The molecule has 1 amide bonds. The van der Waals surface area contributed by atoms with E-state index in [0.717, 1.165) is 24.8 Å². The number of aromatic nitrogens is 1. The Bertz CT molecular complexity index is 712. The highest BCUT2D eigenvalue weighted by atomic mass is 16.2. The van der Waals surface area contributed by atoms with Gasteiger partial charge in [-0.15, -0.1) is 0 Å². The molecule has 1 aromatic heterocycles. The summed E-state index contributed by atoms with van der Waals surface area (Å²) in [5.74, 6) is -0.158. The largest absolute Gasteiger partial charge is 0.346 e. The predicted octanol–water partition coefficient (Wildman–Crippen LogP) is 3.04. The van der Waals surface area contributed by atoms with Crippen molar-refractivity contribution in [1.29, 1.82) is 0 Å². The van der Waals surface area contributed by atoms with Crippen molar-refractivity contribution in [2.24, 2.45) is 7.05 Å². The van der Waals surface area contributed by atoms with Crippen molar-refractivity contribution in [3.63, 3.8) is 0 Å². The first-order valence-corrected chi connectivity index (χ1v) is 7.57. The van der Waals surface area contributed by atoms with E-state index >= 15 is 0 Å². The number of hydrogen-bond acceptors (Lipinski definition) is 2. The molecule has 1 aliphatic rings. The van der Waals surface area contributed by atoms with Gasteiger partial charge in [-0.25, -0.2) is 0 Å². The van der Waals surface area contributed by atoms with E-state index in [9.17, 15) is 9.59 Å². The normalized spacial score (nSPS) is 15.9. The molecular weight excluding hydrogens is 276 g/mol. The Hall–Kier alpha value is -2.36. The lowest BCUT2D eigenvalue weighted by atomic mass is 9.71. The van der Waals surface area contributed by atoms with Crippen LogP contribution in [-0.2, 0) is 12.6 Å². The Morgan fingerprint density at radius 3 is 2.36 bits per heavy atom. The molecule has 0 saturated heterocycles. The minimum atomic E-state index is -0.265. The third-order valence-electron chi connectivity index (χ3n) is 4.53. The number of benzene rings is 1. The van der Waals surface area contributed by atoms with Gasteiger partial charge in [-0.05, 0) is 37.8 Å². The fourth-order valence-corrected chi connectivity index (χ4v) is 3.04. The van der Waals surface area contributed by atoms with Crippen molar-refractivity contribution in [1.82, 2.24) is 9.88 Å². The van der Waals surface area contributed by atoms with Crippen molar-refractivity contribution < 1.29 is 9.59 Å². The second-order valence-electron chi connectivity index (χ2n) is 6.04. The van der Waals surface area contributed by atoms with Crippen molar-refractivity contribution >= 4 is 11.7 Å². The highest BCUT2D eigenvalue weighted by molar-refractivity contribution is 5.99. The van der Waals surface area contributed by atoms with Gasteiger partial charge < -0.3 is 9.88 Å². The lowest BCUT2D eigenvalue weighted by Gasteiger charge is -2.43. The first-order chi connectivity index (χ1) is 10.5. The van der Waals surface area contributed by atoms with E-state index in [1.54, 1.807) is 23.9 Å². The van der Waals surface area contributed by atoms with Gasteiger partial charge in [-0.2, -0.15) is 0 Å². The topological polar surface area (TPSA) is 51.1 Å². The number of Topliss-reactive ketones (excluding diaryl/α,β-unsaturated/α-hetero) is 1. The number of aryl methyl sites for hydroxylation is 1. The van der Waals surface area contributed by atoms with Gasteiger partial charge in [-0.1, -0.05) is 30.3 Å². The summed E-state index contributed by atoms with van der Waals surface area (Å²) >= 11 is 0. The van der Waals surface area contributed by atoms with Gasteiger partial charge in [0, 0.05) is 18.8 Å². The number of ketones is 1. The molecule has 0 unspecified atom stereocenters. The average Bonchev–Trinajstić information content (AvgIpc) is 2.86. The van der Waals surface area contributed by atoms with Crippen LogP contribution in [0.4, 0.5) is 0 Å². The molecule has 4 heteroatoms. The van der Waals surface area contributed by atoms with E-state index in [4.69, 9.17) is 0 Å². The van der Waals surface area contributed by atoms with Crippen molar-refractivity contribution in [2.45, 2.75) is 31.7 Å². The van der Waals surface area contributed by atoms with Crippen LogP contribution in [0.5, 0.6) is 0 Å². The van der Waals surface area contributed by atoms with Gasteiger partial charge in [0.1, 0.15) is 5.69 Å². The first kappa shape index (κ1) is 14.6. The molecule has 114 valence electrons. The fourth-order valence-electron chi connectivity index (χ4n) is 3.04. The molecule has 0 spiro atoms. The van der Waals surface area contributed by atoms with Crippen LogP contribution in [0.15, 0.2) is 42.6 Å². The number of amides is 1. The molecule has 1 N–H and O–H groups in total. The highest BCUT2D eigenvalue weighted by Crippen LogP contribution is 2.41. The Morgan fingerprint density at radius 2 is 1.86 bits per heavy atom. The highest BCUT2D eigenvalue weighted by Gasteiger charge is 2.40. The summed E-state index contributed by atoms with van der Waals surface area (Å²) in [4.78, 5) is 24.1. The third-order valence-corrected chi connectivity index (χ3v) is 4.53. The van der Waals surface area contributed by atoms with Crippen molar-refractivity contribution in [2.75, 3.05) is 0 Å². The standard InChI is InChI=1S/C18H20N2O2/c1-13(21)14-11-16(20(2)12-14)17(22)19-18(9-6-10-18)15-7-4-3-5-8-15/h3-5,7-8,11-12H,6,9-10H2,1-2H3,(H,19,22). The molecule has 1 aliphatic carbocycles. The van der Waals surface area contributed by atoms with E-state index in [0.29, 0.717) is 11.3 Å². The van der Waals surface area contributed by atoms with Gasteiger partial charge in [-0.3, -0.25) is 9.59 Å². The van der Waals surface area contributed by atoms with E-state index in [1.165, 1.54) is 6.92 Å². The first-order valence-electron chi connectivity index (χ1n) is 7.57. The lowest BCUT2D eigenvalue weighted by molar-refractivity contribution is 0.0814. The number of carbonyl (C=O) groups is 2. The molecular formula is C18H20N2O2. The molecule has 1 heterocycles. The van der Waals surface area contributed by atoms with E-state index < -0.39 is 0 Å². The fraction of sp³-hybridized carbons (Fsp3) is 0.333. The monoisotopic (exact) mass is 296 g/mol. The summed E-state index contributed by atoms with van der Waals surface area (Å²) in [6, 6.07) is 11.8. The van der Waals surface area contributed by atoms with E-state index in [-0.39, 0.29) is 17.2 Å². The Kier molecular flexibility index (Phi) is 3.61. The average molecular weight is 296 g/mol. The number of nitrogens with zero attached hydrogens (tertiary/aromatic N) is 1. The van der Waals surface area contributed by atoms with Crippen LogP contribution in [0.2, 0.25) is 0 Å². The molecule has 4 nitrogen and oxygen atoms in total. The number of nitrogens with one attached hydrogen (secondary N) is 1. The minimum absolute atomic E-state index is 0.0314. The van der Waals surface area contributed by atoms with E-state index in [2.05, 4.69) is 17.4 Å². The lowest BCUT2D eigenvalue weighted by Crippen LogP contribution is -2.51. The molecule has 3 rings (SSSR count).